The van der Waals surface area contributed by atoms with Gasteiger partial charge in [-0.05, 0) is 24.1 Å². The Morgan fingerprint density at radius 2 is 1.89 bits per heavy atom. The second-order valence-corrected chi connectivity index (χ2v) is 4.65. The second kappa shape index (κ2) is 4.68. The minimum atomic E-state index is -0.897. The molecule has 2 N–H and O–H groups in total. The summed E-state index contributed by atoms with van der Waals surface area (Å²) in [7, 11) is 1.66. The number of carboxylic acid groups (broad SMARTS) is 1. The van der Waals surface area contributed by atoms with Crippen LogP contribution < -0.4 is 0 Å². The van der Waals surface area contributed by atoms with E-state index in [4.69, 9.17) is 10.2 Å². The Balaban J connectivity index is 1.92. The first kappa shape index (κ1) is 12.4. The highest BCUT2D eigenvalue weighted by Crippen LogP contribution is 2.40. The van der Waals surface area contributed by atoms with Gasteiger partial charge in [-0.1, -0.05) is 12.1 Å². The van der Waals surface area contributed by atoms with Crippen LogP contribution in [0.25, 0.3) is 0 Å². The van der Waals surface area contributed by atoms with E-state index in [0.717, 1.165) is 5.56 Å². The van der Waals surface area contributed by atoms with Crippen molar-refractivity contribution in [2.75, 3.05) is 7.05 Å². The lowest BCUT2D eigenvalue weighted by Gasteiger charge is -2.17. The first-order chi connectivity index (χ1) is 8.49. The van der Waals surface area contributed by atoms with E-state index < -0.39 is 11.9 Å². The third-order valence-electron chi connectivity index (χ3n) is 3.16. The number of phenols is 1. The van der Waals surface area contributed by atoms with E-state index >= 15 is 0 Å². The Labute approximate surface area is 105 Å². The molecule has 1 amide bonds. The number of carbonyl (C=O) groups excluding carboxylic acids is 1. The van der Waals surface area contributed by atoms with Gasteiger partial charge in [0.15, 0.2) is 0 Å². The Hall–Kier alpha value is -2.04. The van der Waals surface area contributed by atoms with E-state index in [1.807, 2.05) is 0 Å². The Morgan fingerprint density at radius 1 is 1.28 bits per heavy atom. The van der Waals surface area contributed by atoms with Crippen LogP contribution in [0.2, 0.25) is 0 Å². The van der Waals surface area contributed by atoms with Crippen LogP contribution >= 0.6 is 0 Å². The number of phenolic OH excluding ortho intramolecular Hbond substituents is 1. The van der Waals surface area contributed by atoms with Crippen molar-refractivity contribution in [2.24, 2.45) is 11.8 Å². The zero-order chi connectivity index (χ0) is 13.3. The molecule has 1 aliphatic carbocycles. The molecule has 0 saturated heterocycles. The molecular weight excluding hydrogens is 234 g/mol. The number of aliphatic carboxylic acids is 1. The van der Waals surface area contributed by atoms with Crippen molar-refractivity contribution in [2.45, 2.75) is 13.0 Å². The van der Waals surface area contributed by atoms with Gasteiger partial charge in [0.2, 0.25) is 5.91 Å². The maximum Gasteiger partial charge on any atom is 0.307 e. The topological polar surface area (TPSA) is 77.8 Å². The van der Waals surface area contributed by atoms with Gasteiger partial charge in [0.1, 0.15) is 5.75 Å². The number of carbonyl (C=O) groups is 2. The molecule has 5 nitrogen and oxygen atoms in total. The maximum atomic E-state index is 11.9. The van der Waals surface area contributed by atoms with Gasteiger partial charge in [-0.25, -0.2) is 0 Å². The van der Waals surface area contributed by atoms with Crippen molar-refractivity contribution in [3.05, 3.63) is 29.8 Å². The highest BCUT2D eigenvalue weighted by atomic mass is 16.4. The van der Waals surface area contributed by atoms with Crippen molar-refractivity contribution in [3.63, 3.8) is 0 Å². The molecule has 5 heteroatoms. The predicted octanol–water partition coefficient (Wildman–Crippen LogP) is 1.07. The molecule has 0 unspecified atom stereocenters. The van der Waals surface area contributed by atoms with Crippen LogP contribution in [-0.2, 0) is 16.1 Å². The fourth-order valence-electron chi connectivity index (χ4n) is 1.98. The van der Waals surface area contributed by atoms with Crippen molar-refractivity contribution < 1.29 is 19.8 Å². The molecule has 0 aromatic heterocycles. The number of carboxylic acids is 1. The molecule has 1 aromatic rings. The summed E-state index contributed by atoms with van der Waals surface area (Å²) in [5.74, 6) is -1.73. The van der Waals surface area contributed by atoms with Gasteiger partial charge >= 0.3 is 5.97 Å². The normalized spacial score (nSPS) is 21.4. The number of rotatable bonds is 4. The van der Waals surface area contributed by atoms with Crippen molar-refractivity contribution in [1.29, 1.82) is 0 Å². The molecule has 0 spiro atoms. The zero-order valence-corrected chi connectivity index (χ0v) is 10.0. The van der Waals surface area contributed by atoms with Crippen LogP contribution in [0, 0.1) is 11.8 Å². The summed E-state index contributed by atoms with van der Waals surface area (Å²) >= 11 is 0. The van der Waals surface area contributed by atoms with Gasteiger partial charge in [-0.15, -0.1) is 0 Å². The average Bonchev–Trinajstić information content (AvgIpc) is 3.11. The largest absolute Gasteiger partial charge is 0.508 e. The third kappa shape index (κ3) is 2.61. The number of hydrogen-bond donors (Lipinski definition) is 2. The van der Waals surface area contributed by atoms with Crippen molar-refractivity contribution in [1.82, 2.24) is 4.90 Å². The van der Waals surface area contributed by atoms with E-state index in [1.165, 1.54) is 4.90 Å². The molecule has 2 rings (SSSR count). The maximum absolute atomic E-state index is 11.9. The van der Waals surface area contributed by atoms with E-state index in [0.29, 0.717) is 13.0 Å². The lowest BCUT2D eigenvalue weighted by Crippen LogP contribution is -2.28. The van der Waals surface area contributed by atoms with Gasteiger partial charge in [0.05, 0.1) is 11.8 Å². The van der Waals surface area contributed by atoms with Crippen LogP contribution in [0.4, 0.5) is 0 Å². The third-order valence-corrected chi connectivity index (χ3v) is 3.16. The summed E-state index contributed by atoms with van der Waals surface area (Å²) in [5, 5.41) is 17.9. The fraction of sp³-hybridized carbons (Fsp3) is 0.385. The van der Waals surface area contributed by atoms with Gasteiger partial charge in [-0.3, -0.25) is 9.59 Å². The molecule has 1 aromatic carbocycles. The molecule has 96 valence electrons. The molecular formula is C13H15NO4. The molecule has 18 heavy (non-hydrogen) atoms. The number of aromatic hydroxyl groups is 1. The molecule has 0 radical (unpaired) electrons. The number of hydrogen-bond acceptors (Lipinski definition) is 3. The van der Waals surface area contributed by atoms with Gasteiger partial charge in [-0.2, -0.15) is 0 Å². The Morgan fingerprint density at radius 3 is 2.39 bits per heavy atom. The van der Waals surface area contributed by atoms with Gasteiger partial charge in [0, 0.05) is 13.6 Å². The summed E-state index contributed by atoms with van der Waals surface area (Å²) < 4.78 is 0. The van der Waals surface area contributed by atoms with E-state index in [9.17, 15) is 9.59 Å². The molecule has 1 fully saturated rings. The smallest absolute Gasteiger partial charge is 0.307 e. The quantitative estimate of drug-likeness (QED) is 0.836. The standard InChI is InChI=1S/C13H15NO4/c1-14(7-8-2-4-9(15)5-3-8)12(16)10-6-11(10)13(17)18/h2-5,10-11,15H,6-7H2,1H3,(H,17,18)/t10-,11+/m1/s1. The van der Waals surface area contributed by atoms with Crippen LogP contribution in [0.3, 0.4) is 0 Å². The molecule has 1 saturated carbocycles. The lowest BCUT2D eigenvalue weighted by molar-refractivity contribution is -0.141. The van der Waals surface area contributed by atoms with E-state index in [1.54, 1.807) is 31.3 Å². The lowest BCUT2D eigenvalue weighted by atomic mass is 10.2. The molecule has 0 heterocycles. The summed E-state index contributed by atoms with van der Waals surface area (Å²) in [6, 6.07) is 6.59. The zero-order valence-electron chi connectivity index (χ0n) is 10.0. The van der Waals surface area contributed by atoms with Crippen LogP contribution in [0.5, 0.6) is 5.75 Å². The first-order valence-electron chi connectivity index (χ1n) is 5.74. The highest BCUT2D eigenvalue weighted by molar-refractivity contribution is 5.89. The monoisotopic (exact) mass is 249 g/mol. The fourth-order valence-corrected chi connectivity index (χ4v) is 1.98. The van der Waals surface area contributed by atoms with Crippen LogP contribution in [-0.4, -0.2) is 34.0 Å². The number of benzene rings is 1. The van der Waals surface area contributed by atoms with E-state index in [2.05, 4.69) is 0 Å². The molecule has 1 aliphatic rings. The second-order valence-electron chi connectivity index (χ2n) is 4.65. The van der Waals surface area contributed by atoms with Gasteiger partial charge in [0.25, 0.3) is 0 Å². The van der Waals surface area contributed by atoms with Gasteiger partial charge < -0.3 is 15.1 Å². The summed E-state index contributed by atoms with van der Waals surface area (Å²) in [4.78, 5) is 24.1. The Kier molecular flexibility index (Phi) is 3.23. The molecule has 0 aliphatic heterocycles. The molecule has 2 atom stereocenters. The number of amides is 1. The Bertz CT molecular complexity index is 468. The summed E-state index contributed by atoms with van der Waals surface area (Å²) in [5.41, 5.74) is 0.899. The number of nitrogens with zero attached hydrogens (tertiary/aromatic N) is 1. The van der Waals surface area contributed by atoms with Crippen molar-refractivity contribution in [3.8, 4) is 5.75 Å². The summed E-state index contributed by atoms with van der Waals surface area (Å²) in [6.45, 7) is 0.419. The van der Waals surface area contributed by atoms with Crippen LogP contribution in [0.15, 0.2) is 24.3 Å². The summed E-state index contributed by atoms with van der Waals surface area (Å²) in [6.07, 6.45) is 0.439. The van der Waals surface area contributed by atoms with E-state index in [-0.39, 0.29) is 17.6 Å². The van der Waals surface area contributed by atoms with Crippen molar-refractivity contribution >= 4 is 11.9 Å². The molecule has 0 bridgehead atoms. The SMILES string of the molecule is CN(Cc1ccc(O)cc1)C(=O)[C@@H]1C[C@@H]1C(=O)O. The highest BCUT2D eigenvalue weighted by Gasteiger charge is 2.49. The average molecular weight is 249 g/mol. The first-order valence-corrected chi connectivity index (χ1v) is 5.74. The predicted molar refractivity (Wildman–Crippen MR) is 63.8 cm³/mol. The minimum Gasteiger partial charge on any atom is -0.508 e. The minimum absolute atomic E-state index is 0.129. The van der Waals surface area contributed by atoms with Crippen LogP contribution in [0.1, 0.15) is 12.0 Å².